The molecule has 6 nitrogen and oxygen atoms in total. The number of halogens is 1. The Hall–Kier alpha value is -1.63. The van der Waals surface area contributed by atoms with Crippen molar-refractivity contribution in [3.63, 3.8) is 0 Å². The number of benzene rings is 1. The molecular formula is C16H25ClN2O4. The maximum atomic E-state index is 12.2. The van der Waals surface area contributed by atoms with Crippen molar-refractivity contribution in [2.75, 3.05) is 0 Å². The molecule has 23 heavy (non-hydrogen) atoms. The van der Waals surface area contributed by atoms with Crippen LogP contribution in [0.2, 0.25) is 0 Å². The first-order valence-electron chi connectivity index (χ1n) is 10.1. The van der Waals surface area contributed by atoms with Crippen LogP contribution in [0.1, 0.15) is 35.3 Å². The highest BCUT2D eigenvalue weighted by Crippen LogP contribution is 2.08. The highest BCUT2D eigenvalue weighted by molar-refractivity contribution is 5.86. The number of hydrogen-bond donors (Lipinski definition) is 4. The molecule has 130 valence electrons. The second-order valence-corrected chi connectivity index (χ2v) is 4.88. The fourth-order valence-electron chi connectivity index (χ4n) is 1.85. The van der Waals surface area contributed by atoms with E-state index in [9.17, 15) is 19.8 Å². The number of carboxylic acids is 1. The fraction of sp³-hybridized carbons (Fsp3) is 0.500. The lowest BCUT2D eigenvalue weighted by atomic mass is 10.00. The summed E-state index contributed by atoms with van der Waals surface area (Å²) in [5, 5.41) is 21.3. The van der Waals surface area contributed by atoms with Crippen LogP contribution in [0.5, 0.6) is 0 Å². The molecule has 5 N–H and O–H groups in total. The fourth-order valence-corrected chi connectivity index (χ4v) is 1.85. The van der Waals surface area contributed by atoms with Gasteiger partial charge in [-0.25, -0.2) is 4.79 Å². The smallest absolute Gasteiger partial charge is 0.326 e. The maximum absolute atomic E-state index is 12.2. The molecule has 0 aliphatic carbocycles. The van der Waals surface area contributed by atoms with Crippen LogP contribution in [0, 0.1) is 5.89 Å². The van der Waals surface area contributed by atoms with Gasteiger partial charge in [0.05, 0.1) is 0 Å². The standard InChI is InChI=1S/C16H24N2O4.ClH/c1-10(2)8-13(16(21)22)18-15(20)14(19)12(17)9-11-6-4-3-5-7-11;/h3-7,10,12-14,19H,8-9,17H2,1-2H3,(H,18,20)(H,21,22);1H/t12-,13+,14+;/m1./s1/i1D3,2D3,10D;. The van der Waals surface area contributed by atoms with Gasteiger partial charge in [-0.2, -0.15) is 0 Å². The molecular weight excluding hydrogens is 320 g/mol. The summed E-state index contributed by atoms with van der Waals surface area (Å²) in [5.41, 5.74) is 6.51. The monoisotopic (exact) mass is 351 g/mol. The van der Waals surface area contributed by atoms with Gasteiger partial charge in [0.15, 0.2) is 0 Å². The van der Waals surface area contributed by atoms with Crippen molar-refractivity contribution in [3.8, 4) is 0 Å². The van der Waals surface area contributed by atoms with Crippen molar-refractivity contribution in [3.05, 3.63) is 35.9 Å². The Balaban J connectivity index is 0.00000841. The number of aliphatic carboxylic acids is 1. The van der Waals surface area contributed by atoms with Gasteiger partial charge in [0.1, 0.15) is 12.1 Å². The lowest BCUT2D eigenvalue weighted by Crippen LogP contribution is -2.52. The zero-order chi connectivity index (χ0) is 22.6. The zero-order valence-corrected chi connectivity index (χ0v) is 13.0. The first-order valence-corrected chi connectivity index (χ1v) is 6.61. The molecule has 0 heterocycles. The molecule has 0 aliphatic heterocycles. The topological polar surface area (TPSA) is 113 Å². The molecule has 1 aromatic carbocycles. The number of amides is 1. The van der Waals surface area contributed by atoms with Gasteiger partial charge >= 0.3 is 5.97 Å². The number of aliphatic hydroxyl groups excluding tert-OH is 1. The Morgan fingerprint density at radius 1 is 1.35 bits per heavy atom. The van der Waals surface area contributed by atoms with Gasteiger partial charge < -0.3 is 21.3 Å². The summed E-state index contributed by atoms with van der Waals surface area (Å²) in [6.45, 7) is -6.70. The minimum Gasteiger partial charge on any atom is -0.480 e. The Kier molecular flexibility index (Phi) is 5.25. The number of nitrogens with one attached hydrogen (secondary N) is 1. The number of carboxylic acid groups (broad SMARTS) is 1. The Labute approximate surface area is 152 Å². The van der Waals surface area contributed by atoms with Crippen LogP contribution in [0.3, 0.4) is 0 Å². The van der Waals surface area contributed by atoms with Crippen molar-refractivity contribution in [1.82, 2.24) is 5.32 Å². The van der Waals surface area contributed by atoms with Crippen LogP contribution in [0.15, 0.2) is 30.3 Å². The molecule has 0 saturated carbocycles. The predicted octanol–water partition coefficient (Wildman–Crippen LogP) is 0.955. The highest BCUT2D eigenvalue weighted by atomic mass is 35.5. The summed E-state index contributed by atoms with van der Waals surface area (Å²) in [7, 11) is 0. The number of nitrogens with two attached hydrogens (primary N) is 1. The van der Waals surface area contributed by atoms with E-state index in [-0.39, 0.29) is 18.8 Å². The largest absolute Gasteiger partial charge is 0.480 e. The summed E-state index contributed by atoms with van der Waals surface area (Å²) in [6, 6.07) is 5.52. The molecule has 7 heteroatoms. The van der Waals surface area contributed by atoms with Crippen LogP contribution in [-0.2, 0) is 16.0 Å². The Morgan fingerprint density at radius 2 is 1.96 bits per heavy atom. The molecule has 0 spiro atoms. The predicted molar refractivity (Wildman–Crippen MR) is 90.4 cm³/mol. The van der Waals surface area contributed by atoms with E-state index < -0.39 is 56.1 Å². The van der Waals surface area contributed by atoms with Crippen LogP contribution in [-0.4, -0.2) is 40.3 Å². The van der Waals surface area contributed by atoms with E-state index in [4.69, 9.17) is 15.3 Å². The van der Waals surface area contributed by atoms with Crippen LogP contribution < -0.4 is 11.1 Å². The lowest BCUT2D eigenvalue weighted by Gasteiger charge is -2.22. The van der Waals surface area contributed by atoms with Crippen LogP contribution in [0.4, 0.5) is 0 Å². The first kappa shape index (κ1) is 11.8. The number of carbonyl (C=O) groups excluding carboxylic acids is 1. The third-order valence-electron chi connectivity index (χ3n) is 3.01. The normalized spacial score (nSPS) is 20.5. The van der Waals surface area contributed by atoms with E-state index in [1.165, 1.54) is 0 Å². The van der Waals surface area contributed by atoms with Gasteiger partial charge in [0, 0.05) is 15.6 Å². The molecule has 1 rings (SSSR count). The third-order valence-corrected chi connectivity index (χ3v) is 3.01. The molecule has 0 fully saturated rings. The molecule has 0 bridgehead atoms. The molecule has 1 aromatic rings. The summed E-state index contributed by atoms with van der Waals surface area (Å²) >= 11 is 0. The minimum absolute atomic E-state index is 0. The second-order valence-electron chi connectivity index (χ2n) is 4.88. The first-order chi connectivity index (χ1) is 13.1. The van der Waals surface area contributed by atoms with Gasteiger partial charge in [-0.05, 0) is 24.3 Å². The molecule has 0 aliphatic rings. The van der Waals surface area contributed by atoms with E-state index >= 15 is 0 Å². The Bertz CT molecular complexity index is 702. The van der Waals surface area contributed by atoms with E-state index in [2.05, 4.69) is 0 Å². The average Bonchev–Trinajstić information content (AvgIpc) is 2.58. The maximum Gasteiger partial charge on any atom is 0.326 e. The number of carbonyl (C=O) groups is 2. The second kappa shape index (κ2) is 10.2. The molecule has 0 aromatic heterocycles. The van der Waals surface area contributed by atoms with Gasteiger partial charge in [-0.3, -0.25) is 4.79 Å². The summed E-state index contributed by atoms with van der Waals surface area (Å²) in [5.74, 6) is -6.10. The van der Waals surface area contributed by atoms with Crippen molar-refractivity contribution >= 4 is 24.3 Å². The van der Waals surface area contributed by atoms with E-state index in [0.29, 0.717) is 0 Å². The molecule has 3 atom stereocenters. The van der Waals surface area contributed by atoms with E-state index in [0.717, 1.165) is 5.56 Å². The van der Waals surface area contributed by atoms with E-state index in [1.54, 1.807) is 30.3 Å². The van der Waals surface area contributed by atoms with Crippen molar-refractivity contribution in [2.45, 2.75) is 44.7 Å². The van der Waals surface area contributed by atoms with Crippen molar-refractivity contribution < 1.29 is 29.4 Å². The van der Waals surface area contributed by atoms with Crippen LogP contribution >= 0.6 is 12.4 Å². The molecule has 0 radical (unpaired) electrons. The van der Waals surface area contributed by atoms with Crippen LogP contribution in [0.25, 0.3) is 0 Å². The average molecular weight is 352 g/mol. The number of aliphatic hydroxyl groups is 1. The van der Waals surface area contributed by atoms with Gasteiger partial charge in [-0.15, -0.1) is 12.4 Å². The summed E-state index contributed by atoms with van der Waals surface area (Å²) < 4.78 is 52.0. The lowest BCUT2D eigenvalue weighted by molar-refractivity contribution is -0.144. The molecule has 0 saturated heterocycles. The van der Waals surface area contributed by atoms with E-state index in [1.807, 2.05) is 5.32 Å². The highest BCUT2D eigenvalue weighted by Gasteiger charge is 2.28. The van der Waals surface area contributed by atoms with Gasteiger partial charge in [-0.1, -0.05) is 44.0 Å². The SMILES string of the molecule is Cl.[2H]C([2H])([2H])C([2H])(C[C@H](NC(=O)[C@@H](O)[C@H](N)Cc1ccccc1)C(=O)O)C([2H])([2H])[2H]. The third kappa shape index (κ3) is 7.45. The molecule has 1 amide bonds. The number of hydrogen-bond acceptors (Lipinski definition) is 4. The zero-order valence-electron chi connectivity index (χ0n) is 19.2. The van der Waals surface area contributed by atoms with Gasteiger partial charge in [0.25, 0.3) is 5.91 Å². The minimum atomic E-state index is -3.35. The van der Waals surface area contributed by atoms with Crippen molar-refractivity contribution in [1.29, 1.82) is 0 Å². The summed E-state index contributed by atoms with van der Waals surface area (Å²) in [6.07, 6.45) is -2.96. The molecule has 0 unspecified atom stereocenters. The van der Waals surface area contributed by atoms with Gasteiger partial charge in [0.2, 0.25) is 0 Å². The van der Waals surface area contributed by atoms with Crippen molar-refractivity contribution in [2.24, 2.45) is 11.6 Å². The number of rotatable bonds is 8. The summed E-state index contributed by atoms with van der Waals surface area (Å²) in [4.78, 5) is 23.7. The quantitative estimate of drug-likeness (QED) is 0.557. The Morgan fingerprint density at radius 3 is 2.48 bits per heavy atom.